The van der Waals surface area contributed by atoms with Crippen molar-refractivity contribution in [3.05, 3.63) is 34.4 Å². The Morgan fingerprint density at radius 3 is 2.32 bits per heavy atom. The van der Waals surface area contributed by atoms with Gasteiger partial charge in [-0.15, -0.1) is 0 Å². The summed E-state index contributed by atoms with van der Waals surface area (Å²) in [5.41, 5.74) is 5.39. The van der Waals surface area contributed by atoms with Crippen LogP contribution in [0, 0.1) is 10.1 Å². The van der Waals surface area contributed by atoms with Gasteiger partial charge in [0.25, 0.3) is 5.69 Å². The molecule has 1 fully saturated rings. The number of thiocarbonyl (C=S) groups is 1. The summed E-state index contributed by atoms with van der Waals surface area (Å²) in [5.74, 6) is -1.01. The monoisotopic (exact) mass is 372 g/mol. The lowest BCUT2D eigenvalue weighted by Crippen LogP contribution is -2.65. The number of hydrogen-bond acceptors (Lipinski definition) is 8. The Morgan fingerprint density at radius 1 is 1.20 bits per heavy atom. The second-order valence-electron chi connectivity index (χ2n) is 5.25. The zero-order valence-corrected chi connectivity index (χ0v) is 13.4. The number of benzene rings is 1. The highest BCUT2D eigenvalue weighted by Crippen LogP contribution is 2.20. The highest BCUT2D eigenvalue weighted by atomic mass is 32.1. The lowest BCUT2D eigenvalue weighted by atomic mass is 9.98. The molecule has 11 nitrogen and oxygen atoms in total. The number of carbonyl (C=O) groups is 1. The maximum absolute atomic E-state index is 11.2. The van der Waals surface area contributed by atoms with E-state index in [1.807, 2.05) is 0 Å². The molecule has 1 aliphatic heterocycles. The number of nitrogens with one attached hydrogen (secondary N) is 2. The van der Waals surface area contributed by atoms with Crippen LogP contribution in [0.1, 0.15) is 0 Å². The summed E-state index contributed by atoms with van der Waals surface area (Å²) < 4.78 is 5.14. The van der Waals surface area contributed by atoms with E-state index in [0.29, 0.717) is 5.69 Å². The summed E-state index contributed by atoms with van der Waals surface area (Å²) in [4.78, 5) is 21.3. The zero-order chi connectivity index (χ0) is 18.7. The van der Waals surface area contributed by atoms with Crippen molar-refractivity contribution in [2.75, 3.05) is 5.32 Å². The number of anilines is 1. The van der Waals surface area contributed by atoms with Crippen LogP contribution in [0.5, 0.6) is 0 Å². The molecule has 1 aromatic rings. The van der Waals surface area contributed by atoms with Gasteiger partial charge in [-0.25, -0.2) is 0 Å². The molecule has 0 saturated carbocycles. The predicted octanol–water partition coefficient (Wildman–Crippen LogP) is -1.83. The Morgan fingerprint density at radius 2 is 1.80 bits per heavy atom. The zero-order valence-electron chi connectivity index (χ0n) is 12.6. The number of nitrogens with zero attached hydrogens (tertiary/aromatic N) is 1. The van der Waals surface area contributed by atoms with E-state index in [0.717, 1.165) is 0 Å². The van der Waals surface area contributed by atoms with Gasteiger partial charge in [0.05, 0.1) is 4.92 Å². The van der Waals surface area contributed by atoms with Crippen LogP contribution in [0.3, 0.4) is 0 Å². The first-order valence-electron chi connectivity index (χ1n) is 7.01. The lowest BCUT2D eigenvalue weighted by molar-refractivity contribution is -0.384. The third-order valence-corrected chi connectivity index (χ3v) is 3.72. The molecule has 1 aliphatic rings. The van der Waals surface area contributed by atoms with E-state index in [4.69, 9.17) is 22.7 Å². The molecule has 12 heteroatoms. The van der Waals surface area contributed by atoms with Gasteiger partial charge in [0.1, 0.15) is 18.3 Å². The first-order valence-corrected chi connectivity index (χ1v) is 7.42. The molecule has 1 heterocycles. The van der Waals surface area contributed by atoms with Crippen LogP contribution in [-0.4, -0.2) is 61.9 Å². The Hall–Kier alpha value is -2.38. The van der Waals surface area contributed by atoms with Gasteiger partial charge in [0.15, 0.2) is 17.4 Å². The molecular formula is C13H16N4O7S. The molecule has 1 saturated heterocycles. The molecular weight excluding hydrogens is 356 g/mol. The third-order valence-electron chi connectivity index (χ3n) is 3.50. The summed E-state index contributed by atoms with van der Waals surface area (Å²) in [6.45, 7) is 0. The Bertz CT molecular complexity index is 671. The number of carbonyl (C=O) groups excluding carboxylic acids is 1. The lowest BCUT2D eigenvalue weighted by Gasteiger charge is -2.39. The fraction of sp³-hybridized carbons (Fsp3) is 0.385. The van der Waals surface area contributed by atoms with Crippen LogP contribution >= 0.6 is 12.2 Å². The minimum absolute atomic E-state index is 0.0512. The number of nitro groups is 1. The topological polar surface area (TPSA) is 180 Å². The molecule has 1 amide bonds. The number of primary amides is 1. The Kier molecular flexibility index (Phi) is 5.81. The predicted molar refractivity (Wildman–Crippen MR) is 88.3 cm³/mol. The Labute approximate surface area is 146 Å². The molecule has 0 aromatic heterocycles. The summed E-state index contributed by atoms with van der Waals surface area (Å²) in [6, 6.07) is 5.35. The quantitative estimate of drug-likeness (QED) is 0.200. The van der Waals surface area contributed by atoms with E-state index in [2.05, 4.69) is 10.6 Å². The van der Waals surface area contributed by atoms with Gasteiger partial charge in [-0.2, -0.15) is 0 Å². The maximum atomic E-state index is 11.2. The Balaban J connectivity index is 2.01. The average molecular weight is 372 g/mol. The number of non-ortho nitro benzene ring substituents is 1. The number of ether oxygens (including phenoxy) is 1. The number of nitro benzene ring substituents is 1. The summed E-state index contributed by atoms with van der Waals surface area (Å²) >= 11 is 5.02. The molecule has 5 atom stereocenters. The van der Waals surface area contributed by atoms with Crippen molar-refractivity contribution in [3.8, 4) is 0 Å². The SMILES string of the molecule is NC(=O)[C@H]1O[C@@H](NC(=S)Nc2ccc([N+](=O)[O-])cc2)[C@H](O)[C@@H](O)[C@@H]1O. The summed E-state index contributed by atoms with van der Waals surface area (Å²) in [7, 11) is 0. The van der Waals surface area contributed by atoms with E-state index >= 15 is 0 Å². The molecule has 136 valence electrons. The molecule has 2 rings (SSSR count). The van der Waals surface area contributed by atoms with Crippen LogP contribution in [0.15, 0.2) is 24.3 Å². The fourth-order valence-corrected chi connectivity index (χ4v) is 2.43. The van der Waals surface area contributed by atoms with Gasteiger partial charge in [-0.3, -0.25) is 14.9 Å². The first kappa shape index (κ1) is 19.0. The summed E-state index contributed by atoms with van der Waals surface area (Å²) in [6.07, 6.45) is -7.78. The van der Waals surface area contributed by atoms with Gasteiger partial charge >= 0.3 is 0 Å². The molecule has 1 aromatic carbocycles. The summed E-state index contributed by atoms with van der Waals surface area (Å²) in [5, 5.41) is 45.1. The maximum Gasteiger partial charge on any atom is 0.269 e. The number of nitrogens with two attached hydrogens (primary N) is 1. The minimum atomic E-state index is -1.68. The first-order chi connectivity index (χ1) is 11.7. The second-order valence-corrected chi connectivity index (χ2v) is 5.66. The minimum Gasteiger partial charge on any atom is -0.387 e. The van der Waals surface area contributed by atoms with Gasteiger partial charge < -0.3 is 36.4 Å². The van der Waals surface area contributed by atoms with E-state index < -0.39 is 41.5 Å². The van der Waals surface area contributed by atoms with Crippen molar-refractivity contribution in [1.82, 2.24) is 5.32 Å². The molecule has 0 aliphatic carbocycles. The molecule has 0 radical (unpaired) electrons. The largest absolute Gasteiger partial charge is 0.387 e. The van der Waals surface area contributed by atoms with Crippen LogP contribution in [0.4, 0.5) is 11.4 Å². The van der Waals surface area contributed by atoms with Crippen LogP contribution in [0.2, 0.25) is 0 Å². The van der Waals surface area contributed by atoms with Crippen molar-refractivity contribution in [3.63, 3.8) is 0 Å². The normalized spacial score (nSPS) is 28.8. The van der Waals surface area contributed by atoms with Gasteiger partial charge in [0, 0.05) is 17.8 Å². The van der Waals surface area contributed by atoms with Gasteiger partial charge in [-0.1, -0.05) is 0 Å². The van der Waals surface area contributed by atoms with Gasteiger partial charge in [-0.05, 0) is 24.4 Å². The standard InChI is InChI=1S/C13H16N4O7S/c14-11(21)10-8(19)7(18)9(20)12(24-10)16-13(25)15-5-1-3-6(4-2-5)17(22)23/h1-4,7-10,12,18-20H,(H2,14,21)(H2,15,16,25)/t7-,8-,9+,10-,12+/m0/s1. The number of hydrogen-bond donors (Lipinski definition) is 6. The fourth-order valence-electron chi connectivity index (χ4n) is 2.20. The number of rotatable bonds is 4. The highest BCUT2D eigenvalue weighted by molar-refractivity contribution is 7.80. The second kappa shape index (κ2) is 7.67. The van der Waals surface area contributed by atoms with Crippen molar-refractivity contribution in [2.45, 2.75) is 30.6 Å². The van der Waals surface area contributed by atoms with E-state index in [9.17, 15) is 30.2 Å². The van der Waals surface area contributed by atoms with Crippen molar-refractivity contribution in [2.24, 2.45) is 5.73 Å². The average Bonchev–Trinajstić information content (AvgIpc) is 2.55. The van der Waals surface area contributed by atoms with Crippen LogP contribution in [0.25, 0.3) is 0 Å². The number of aliphatic hydroxyl groups excluding tert-OH is 3. The third kappa shape index (κ3) is 4.37. The van der Waals surface area contributed by atoms with E-state index in [1.54, 1.807) is 0 Å². The molecule has 0 unspecified atom stereocenters. The van der Waals surface area contributed by atoms with Crippen molar-refractivity contribution in [1.29, 1.82) is 0 Å². The van der Waals surface area contributed by atoms with Crippen LogP contribution in [-0.2, 0) is 9.53 Å². The smallest absolute Gasteiger partial charge is 0.269 e. The molecule has 0 bridgehead atoms. The van der Waals surface area contributed by atoms with Crippen LogP contribution < -0.4 is 16.4 Å². The van der Waals surface area contributed by atoms with E-state index in [-0.39, 0.29) is 10.8 Å². The van der Waals surface area contributed by atoms with Crippen molar-refractivity contribution < 1.29 is 29.8 Å². The van der Waals surface area contributed by atoms with Gasteiger partial charge in [0.2, 0.25) is 5.91 Å². The van der Waals surface area contributed by atoms with E-state index in [1.165, 1.54) is 24.3 Å². The number of aliphatic hydroxyl groups is 3. The van der Waals surface area contributed by atoms with Crippen molar-refractivity contribution >= 4 is 34.6 Å². The molecule has 7 N–H and O–H groups in total. The molecule has 0 spiro atoms. The highest BCUT2D eigenvalue weighted by Gasteiger charge is 2.46. The number of amides is 1. The molecule has 25 heavy (non-hydrogen) atoms.